The first-order valence-corrected chi connectivity index (χ1v) is 3.32. The fraction of sp³-hybridized carbons (Fsp3) is 0.333. The van der Waals surface area contributed by atoms with Crippen molar-refractivity contribution >= 4 is 18.0 Å². The van der Waals surface area contributed by atoms with Crippen molar-refractivity contribution in [3.8, 4) is 0 Å². The molecule has 0 bridgehead atoms. The van der Waals surface area contributed by atoms with Gasteiger partial charge in [-0.05, 0) is 19.1 Å². The summed E-state index contributed by atoms with van der Waals surface area (Å²) in [6.07, 6.45) is 1.87. The average molecular weight is 155 g/mol. The predicted molar refractivity (Wildman–Crippen MR) is 43.2 cm³/mol. The third-order valence-corrected chi connectivity index (χ3v) is 1.69. The van der Waals surface area contributed by atoms with Gasteiger partial charge in [0, 0.05) is 18.8 Å². The molecule has 0 aliphatic rings. The highest BCUT2D eigenvalue weighted by Gasteiger charge is 1.93. The van der Waals surface area contributed by atoms with Crippen molar-refractivity contribution < 1.29 is 0 Å². The van der Waals surface area contributed by atoms with E-state index >= 15 is 0 Å². The molecule has 0 spiro atoms. The Morgan fingerprint density at radius 1 is 1.70 bits per heavy atom. The van der Waals surface area contributed by atoms with Crippen LogP contribution in [0, 0.1) is 11.7 Å². The van der Waals surface area contributed by atoms with Crippen molar-refractivity contribution in [1.82, 2.24) is 9.55 Å². The zero-order valence-corrected chi connectivity index (χ0v) is 6.77. The summed E-state index contributed by atoms with van der Waals surface area (Å²) in [5.74, 6) is 0.517. The SMILES string of the molecule is Cc1cn(C)c(=S)nc1N. The molecule has 0 aromatic carbocycles. The van der Waals surface area contributed by atoms with E-state index < -0.39 is 0 Å². The van der Waals surface area contributed by atoms with Crippen LogP contribution in [-0.4, -0.2) is 9.55 Å². The van der Waals surface area contributed by atoms with Crippen LogP contribution in [0.5, 0.6) is 0 Å². The minimum absolute atomic E-state index is 0.517. The molecule has 54 valence electrons. The molecule has 1 aromatic rings. The third-order valence-electron chi connectivity index (χ3n) is 1.31. The Morgan fingerprint density at radius 2 is 2.30 bits per heavy atom. The molecule has 4 heteroatoms. The van der Waals surface area contributed by atoms with E-state index in [0.29, 0.717) is 10.6 Å². The standard InChI is InChI=1S/C6H9N3S/c1-4-3-9(2)6(10)8-5(4)7/h3H,1-2H3,(H2,7,8,10). The maximum atomic E-state index is 5.50. The summed E-state index contributed by atoms with van der Waals surface area (Å²) < 4.78 is 2.28. The molecule has 0 fully saturated rings. The van der Waals surface area contributed by atoms with E-state index in [-0.39, 0.29) is 0 Å². The minimum atomic E-state index is 0.517. The highest BCUT2D eigenvalue weighted by molar-refractivity contribution is 7.71. The van der Waals surface area contributed by atoms with Gasteiger partial charge >= 0.3 is 0 Å². The number of nitrogen functional groups attached to an aromatic ring is 1. The van der Waals surface area contributed by atoms with Gasteiger partial charge in [0.05, 0.1) is 0 Å². The van der Waals surface area contributed by atoms with Gasteiger partial charge in [-0.1, -0.05) is 0 Å². The van der Waals surface area contributed by atoms with Crippen LogP contribution >= 0.6 is 12.2 Å². The molecule has 1 rings (SSSR count). The quantitative estimate of drug-likeness (QED) is 0.569. The first kappa shape index (κ1) is 7.21. The largest absolute Gasteiger partial charge is 0.383 e. The van der Waals surface area contributed by atoms with Crippen LogP contribution in [0.1, 0.15) is 5.56 Å². The fourth-order valence-electron chi connectivity index (χ4n) is 0.682. The van der Waals surface area contributed by atoms with E-state index in [9.17, 15) is 0 Å². The van der Waals surface area contributed by atoms with Crippen LogP contribution in [0.3, 0.4) is 0 Å². The van der Waals surface area contributed by atoms with E-state index in [2.05, 4.69) is 4.98 Å². The molecule has 0 saturated heterocycles. The number of nitrogens with two attached hydrogens (primary N) is 1. The van der Waals surface area contributed by atoms with Crippen LogP contribution in [0.15, 0.2) is 6.20 Å². The molecule has 1 heterocycles. The Balaban J connectivity index is 3.43. The summed E-state index contributed by atoms with van der Waals surface area (Å²) in [5.41, 5.74) is 6.45. The monoisotopic (exact) mass is 155 g/mol. The molecule has 0 radical (unpaired) electrons. The topological polar surface area (TPSA) is 43.8 Å². The molecular weight excluding hydrogens is 146 g/mol. The van der Waals surface area contributed by atoms with Crippen LogP contribution in [0.4, 0.5) is 5.82 Å². The second kappa shape index (κ2) is 2.38. The summed E-state index contributed by atoms with van der Waals surface area (Å²) >= 11 is 4.87. The summed E-state index contributed by atoms with van der Waals surface area (Å²) in [4.78, 5) is 3.93. The highest BCUT2D eigenvalue weighted by atomic mass is 32.1. The maximum absolute atomic E-state index is 5.50. The number of hydrogen-bond acceptors (Lipinski definition) is 3. The number of aryl methyl sites for hydroxylation is 2. The van der Waals surface area contributed by atoms with Crippen molar-refractivity contribution in [1.29, 1.82) is 0 Å². The number of nitrogens with zero attached hydrogens (tertiary/aromatic N) is 2. The number of anilines is 1. The third kappa shape index (κ3) is 1.16. The van der Waals surface area contributed by atoms with E-state index in [0.717, 1.165) is 5.56 Å². The molecule has 1 aromatic heterocycles. The number of rotatable bonds is 0. The molecule has 10 heavy (non-hydrogen) atoms. The number of aromatic nitrogens is 2. The maximum Gasteiger partial charge on any atom is 0.201 e. The second-order valence-corrected chi connectivity index (χ2v) is 2.57. The van der Waals surface area contributed by atoms with E-state index in [4.69, 9.17) is 18.0 Å². The van der Waals surface area contributed by atoms with Crippen LogP contribution in [-0.2, 0) is 7.05 Å². The van der Waals surface area contributed by atoms with E-state index in [1.807, 2.05) is 20.2 Å². The van der Waals surface area contributed by atoms with E-state index in [1.165, 1.54) is 0 Å². The molecule has 0 saturated carbocycles. The summed E-state index contributed by atoms with van der Waals surface area (Å²) in [6, 6.07) is 0. The Bertz CT molecular complexity index is 302. The molecule has 0 amide bonds. The van der Waals surface area contributed by atoms with Gasteiger partial charge < -0.3 is 10.3 Å². The molecule has 0 unspecified atom stereocenters. The molecule has 0 atom stereocenters. The molecule has 0 aliphatic heterocycles. The zero-order chi connectivity index (χ0) is 7.72. The fourth-order valence-corrected chi connectivity index (χ4v) is 0.833. The first-order chi connectivity index (χ1) is 4.61. The van der Waals surface area contributed by atoms with Gasteiger partial charge in [0.15, 0.2) is 0 Å². The lowest BCUT2D eigenvalue weighted by Crippen LogP contribution is -2.01. The molecule has 0 aliphatic carbocycles. The van der Waals surface area contributed by atoms with Crippen molar-refractivity contribution in [2.24, 2.45) is 7.05 Å². The molecular formula is C6H9N3S. The average Bonchev–Trinajstić information content (AvgIpc) is 1.84. The number of hydrogen-bond donors (Lipinski definition) is 1. The Labute approximate surface area is 64.5 Å². The minimum Gasteiger partial charge on any atom is -0.383 e. The first-order valence-electron chi connectivity index (χ1n) is 2.91. The second-order valence-electron chi connectivity index (χ2n) is 2.20. The van der Waals surface area contributed by atoms with Gasteiger partial charge in [-0.25, -0.2) is 4.98 Å². The van der Waals surface area contributed by atoms with Gasteiger partial charge in [0.25, 0.3) is 0 Å². The van der Waals surface area contributed by atoms with E-state index in [1.54, 1.807) is 4.57 Å². The Hall–Kier alpha value is -0.900. The van der Waals surface area contributed by atoms with Gasteiger partial charge in [0.1, 0.15) is 5.82 Å². The Morgan fingerprint density at radius 3 is 2.80 bits per heavy atom. The smallest absolute Gasteiger partial charge is 0.201 e. The van der Waals surface area contributed by atoms with Gasteiger partial charge in [-0.3, -0.25) is 0 Å². The lowest BCUT2D eigenvalue weighted by atomic mass is 10.3. The zero-order valence-electron chi connectivity index (χ0n) is 5.96. The molecule has 3 nitrogen and oxygen atoms in total. The lowest BCUT2D eigenvalue weighted by molar-refractivity contribution is 0.837. The van der Waals surface area contributed by atoms with Crippen LogP contribution in [0.25, 0.3) is 0 Å². The van der Waals surface area contributed by atoms with Crippen molar-refractivity contribution in [3.63, 3.8) is 0 Å². The van der Waals surface area contributed by atoms with Gasteiger partial charge in [0.2, 0.25) is 4.77 Å². The van der Waals surface area contributed by atoms with Crippen molar-refractivity contribution in [3.05, 3.63) is 16.5 Å². The van der Waals surface area contributed by atoms with Crippen LogP contribution in [0.2, 0.25) is 0 Å². The van der Waals surface area contributed by atoms with Gasteiger partial charge in [-0.15, -0.1) is 0 Å². The summed E-state index contributed by atoms with van der Waals surface area (Å²) in [5, 5.41) is 0. The lowest BCUT2D eigenvalue weighted by Gasteiger charge is -2.01. The normalized spacial score (nSPS) is 9.80. The van der Waals surface area contributed by atoms with Crippen molar-refractivity contribution in [2.75, 3.05) is 5.73 Å². The summed E-state index contributed by atoms with van der Waals surface area (Å²) in [6.45, 7) is 1.90. The summed E-state index contributed by atoms with van der Waals surface area (Å²) in [7, 11) is 1.85. The highest BCUT2D eigenvalue weighted by Crippen LogP contribution is 2.03. The Kier molecular flexibility index (Phi) is 1.72. The van der Waals surface area contributed by atoms with Gasteiger partial charge in [-0.2, -0.15) is 0 Å². The predicted octanol–water partition coefficient (Wildman–Crippen LogP) is 1.04. The van der Waals surface area contributed by atoms with Crippen molar-refractivity contribution in [2.45, 2.75) is 6.92 Å². The molecule has 2 N–H and O–H groups in total. The van der Waals surface area contributed by atoms with Crippen LogP contribution < -0.4 is 5.73 Å².